The van der Waals surface area contributed by atoms with Crippen molar-refractivity contribution in [3.05, 3.63) is 11.9 Å². The molecular weight excluding hydrogens is 218 g/mol. The van der Waals surface area contributed by atoms with Crippen LogP contribution in [-0.4, -0.2) is 26.1 Å². The maximum absolute atomic E-state index is 11.6. The summed E-state index contributed by atoms with van der Waals surface area (Å²) in [4.78, 5) is 11.6. The SMILES string of the molecule is Cn1cc(CC2(C(=O)O)CCCCCC2)nn1. The second-order valence-corrected chi connectivity index (χ2v) is 5.06. The first-order valence-corrected chi connectivity index (χ1v) is 6.21. The van der Waals surface area contributed by atoms with Crippen LogP contribution in [-0.2, 0) is 18.3 Å². The molecule has 5 heteroatoms. The lowest BCUT2D eigenvalue weighted by atomic mass is 9.76. The summed E-state index contributed by atoms with van der Waals surface area (Å²) < 4.78 is 1.63. The molecule has 0 bridgehead atoms. The van der Waals surface area contributed by atoms with Gasteiger partial charge in [-0.2, -0.15) is 0 Å². The Balaban J connectivity index is 2.18. The lowest BCUT2D eigenvalue weighted by Crippen LogP contribution is -2.33. The summed E-state index contributed by atoms with van der Waals surface area (Å²) in [6, 6.07) is 0. The Morgan fingerprint density at radius 1 is 1.41 bits per heavy atom. The summed E-state index contributed by atoms with van der Waals surface area (Å²) in [6.07, 6.45) is 8.16. The van der Waals surface area contributed by atoms with Gasteiger partial charge in [0.25, 0.3) is 0 Å². The van der Waals surface area contributed by atoms with Gasteiger partial charge in [0.05, 0.1) is 11.1 Å². The molecule has 17 heavy (non-hydrogen) atoms. The first-order valence-electron chi connectivity index (χ1n) is 6.21. The summed E-state index contributed by atoms with van der Waals surface area (Å²) in [7, 11) is 1.80. The standard InChI is InChI=1S/C12H19N3O2/c1-15-9-10(13-14-15)8-12(11(16)17)6-4-2-3-5-7-12/h9H,2-8H2,1H3,(H,16,17). The smallest absolute Gasteiger partial charge is 0.310 e. The fourth-order valence-electron chi connectivity index (χ4n) is 2.69. The molecule has 1 aliphatic rings. The topological polar surface area (TPSA) is 68.0 Å². The number of hydrogen-bond acceptors (Lipinski definition) is 3. The summed E-state index contributed by atoms with van der Waals surface area (Å²) in [5, 5.41) is 17.4. The normalized spacial score (nSPS) is 19.8. The second-order valence-electron chi connectivity index (χ2n) is 5.06. The fourth-order valence-corrected chi connectivity index (χ4v) is 2.69. The number of carboxylic acid groups (broad SMARTS) is 1. The van der Waals surface area contributed by atoms with Crippen LogP contribution in [0, 0.1) is 5.41 Å². The molecule has 0 amide bonds. The van der Waals surface area contributed by atoms with E-state index in [1.54, 1.807) is 11.7 Å². The third-order valence-corrected chi connectivity index (χ3v) is 3.68. The van der Waals surface area contributed by atoms with E-state index in [-0.39, 0.29) is 0 Å². The Labute approximate surface area is 101 Å². The number of nitrogens with zero attached hydrogens (tertiary/aromatic N) is 3. The molecule has 1 aliphatic carbocycles. The van der Waals surface area contributed by atoms with E-state index in [4.69, 9.17) is 0 Å². The molecule has 0 aliphatic heterocycles. The number of hydrogen-bond donors (Lipinski definition) is 1. The number of aryl methyl sites for hydroxylation is 1. The van der Waals surface area contributed by atoms with E-state index in [2.05, 4.69) is 10.3 Å². The van der Waals surface area contributed by atoms with Gasteiger partial charge in [0.2, 0.25) is 0 Å². The van der Waals surface area contributed by atoms with Crippen LogP contribution >= 0.6 is 0 Å². The van der Waals surface area contributed by atoms with Gasteiger partial charge in [-0.3, -0.25) is 9.48 Å². The highest BCUT2D eigenvalue weighted by molar-refractivity contribution is 5.75. The van der Waals surface area contributed by atoms with Gasteiger partial charge in [-0.15, -0.1) is 5.10 Å². The summed E-state index contributed by atoms with van der Waals surface area (Å²) in [6.45, 7) is 0. The van der Waals surface area contributed by atoms with Crippen LogP contribution in [0.25, 0.3) is 0 Å². The Hall–Kier alpha value is -1.39. The fraction of sp³-hybridized carbons (Fsp3) is 0.750. The maximum Gasteiger partial charge on any atom is 0.310 e. The minimum Gasteiger partial charge on any atom is -0.481 e. The molecule has 1 saturated carbocycles. The van der Waals surface area contributed by atoms with Crippen molar-refractivity contribution in [3.63, 3.8) is 0 Å². The zero-order chi connectivity index (χ0) is 12.3. The first kappa shape index (κ1) is 12.1. The molecule has 1 fully saturated rings. The number of rotatable bonds is 3. The van der Waals surface area contributed by atoms with Gasteiger partial charge in [-0.1, -0.05) is 30.9 Å². The van der Waals surface area contributed by atoms with Crippen molar-refractivity contribution in [2.45, 2.75) is 44.9 Å². The van der Waals surface area contributed by atoms with E-state index >= 15 is 0 Å². The van der Waals surface area contributed by atoms with Crippen LogP contribution in [0.4, 0.5) is 0 Å². The average molecular weight is 237 g/mol. The van der Waals surface area contributed by atoms with Crippen molar-refractivity contribution in [2.75, 3.05) is 0 Å². The summed E-state index contributed by atoms with van der Waals surface area (Å²) in [5.74, 6) is -0.676. The van der Waals surface area contributed by atoms with E-state index < -0.39 is 11.4 Å². The molecule has 1 aromatic heterocycles. The molecule has 5 nitrogen and oxygen atoms in total. The third kappa shape index (κ3) is 2.65. The lowest BCUT2D eigenvalue weighted by Gasteiger charge is -2.26. The largest absolute Gasteiger partial charge is 0.481 e. The van der Waals surface area contributed by atoms with Crippen LogP contribution in [0.1, 0.15) is 44.2 Å². The number of carbonyl (C=O) groups is 1. The van der Waals surface area contributed by atoms with Crippen molar-refractivity contribution in [1.82, 2.24) is 15.0 Å². The van der Waals surface area contributed by atoms with E-state index in [1.165, 1.54) is 0 Å². The van der Waals surface area contributed by atoms with Gasteiger partial charge in [0.1, 0.15) is 0 Å². The van der Waals surface area contributed by atoms with Crippen LogP contribution in [0.2, 0.25) is 0 Å². The van der Waals surface area contributed by atoms with Crippen LogP contribution in [0.15, 0.2) is 6.20 Å². The molecule has 0 radical (unpaired) electrons. The van der Waals surface area contributed by atoms with Crippen molar-refractivity contribution in [3.8, 4) is 0 Å². The quantitative estimate of drug-likeness (QED) is 0.814. The van der Waals surface area contributed by atoms with E-state index in [1.807, 2.05) is 6.20 Å². The molecule has 1 heterocycles. The highest BCUT2D eigenvalue weighted by atomic mass is 16.4. The van der Waals surface area contributed by atoms with Crippen LogP contribution in [0.5, 0.6) is 0 Å². The number of carboxylic acids is 1. The third-order valence-electron chi connectivity index (χ3n) is 3.68. The molecule has 0 unspecified atom stereocenters. The van der Waals surface area contributed by atoms with E-state index in [0.29, 0.717) is 6.42 Å². The molecule has 0 atom stereocenters. The van der Waals surface area contributed by atoms with Crippen LogP contribution in [0.3, 0.4) is 0 Å². The molecule has 0 aromatic carbocycles. The van der Waals surface area contributed by atoms with Gasteiger partial charge >= 0.3 is 5.97 Å². The van der Waals surface area contributed by atoms with E-state index in [0.717, 1.165) is 44.2 Å². The van der Waals surface area contributed by atoms with E-state index in [9.17, 15) is 9.90 Å². The Morgan fingerprint density at radius 3 is 2.53 bits per heavy atom. The van der Waals surface area contributed by atoms with Gasteiger partial charge in [-0.25, -0.2) is 0 Å². The minimum absolute atomic E-state index is 0.510. The van der Waals surface area contributed by atoms with Gasteiger partial charge < -0.3 is 5.11 Å². The minimum atomic E-state index is -0.676. The monoisotopic (exact) mass is 237 g/mol. The van der Waals surface area contributed by atoms with Gasteiger partial charge in [0, 0.05) is 19.7 Å². The molecule has 1 aromatic rings. The molecule has 2 rings (SSSR count). The van der Waals surface area contributed by atoms with Crippen molar-refractivity contribution < 1.29 is 9.90 Å². The summed E-state index contributed by atoms with van der Waals surface area (Å²) in [5.41, 5.74) is 0.170. The number of aliphatic carboxylic acids is 1. The predicted octanol–water partition coefficient (Wildman–Crippen LogP) is 1.78. The Bertz CT molecular complexity index is 392. The van der Waals surface area contributed by atoms with Crippen molar-refractivity contribution in [2.24, 2.45) is 12.5 Å². The average Bonchev–Trinajstić information content (AvgIpc) is 2.54. The molecule has 94 valence electrons. The second kappa shape index (κ2) is 4.85. The molecule has 0 spiro atoms. The highest BCUT2D eigenvalue weighted by Gasteiger charge is 2.39. The molecular formula is C12H19N3O2. The lowest BCUT2D eigenvalue weighted by molar-refractivity contribution is -0.149. The first-order chi connectivity index (χ1) is 8.12. The van der Waals surface area contributed by atoms with Gasteiger partial charge in [0.15, 0.2) is 0 Å². The van der Waals surface area contributed by atoms with Gasteiger partial charge in [-0.05, 0) is 12.8 Å². The number of aromatic nitrogens is 3. The van der Waals surface area contributed by atoms with Crippen molar-refractivity contribution in [1.29, 1.82) is 0 Å². The van der Waals surface area contributed by atoms with Crippen LogP contribution < -0.4 is 0 Å². The Kier molecular flexibility index (Phi) is 3.45. The maximum atomic E-state index is 11.6. The Morgan fingerprint density at radius 2 is 2.06 bits per heavy atom. The van der Waals surface area contributed by atoms with Crippen molar-refractivity contribution >= 4 is 5.97 Å². The highest BCUT2D eigenvalue weighted by Crippen LogP contribution is 2.38. The molecule has 0 saturated heterocycles. The summed E-state index contributed by atoms with van der Waals surface area (Å²) >= 11 is 0. The zero-order valence-electron chi connectivity index (χ0n) is 10.2. The predicted molar refractivity (Wildman–Crippen MR) is 62.5 cm³/mol. The molecule has 1 N–H and O–H groups in total. The zero-order valence-corrected chi connectivity index (χ0v) is 10.2.